The summed E-state index contributed by atoms with van der Waals surface area (Å²) in [5.74, 6) is -2.19. The SMILES string of the molecule is C=C[C@H](/C(=C/CCC(C)C)O[Si](C)(C)C(C)(C)C)C(C(=O)OCc1ccccc1)C(=O)OCc1ccccc1. The van der Waals surface area contributed by atoms with Crippen LogP contribution in [0.15, 0.2) is 85.2 Å². The van der Waals surface area contributed by atoms with E-state index in [-0.39, 0.29) is 18.3 Å². The zero-order valence-corrected chi connectivity index (χ0v) is 25.7. The van der Waals surface area contributed by atoms with E-state index in [0.29, 0.717) is 11.7 Å². The maximum Gasteiger partial charge on any atom is 0.321 e. The standard InChI is InChI=1S/C33H46O5Si/c1-9-28(29(22-16-17-25(2)3)38-39(7,8)33(4,5)6)30(31(34)36-23-26-18-12-10-13-19-26)32(35)37-24-27-20-14-11-15-21-27/h9-15,18-22,25,28,30H,1,16-17,23-24H2,2-8H3/b29-22-/t28-/m1/s1. The molecule has 0 radical (unpaired) electrons. The van der Waals surface area contributed by atoms with Crippen molar-refractivity contribution in [2.45, 2.75) is 78.8 Å². The quantitative estimate of drug-likeness (QED) is 0.0779. The van der Waals surface area contributed by atoms with E-state index in [4.69, 9.17) is 13.9 Å². The van der Waals surface area contributed by atoms with Crippen LogP contribution in [0.2, 0.25) is 18.1 Å². The van der Waals surface area contributed by atoms with Crippen molar-refractivity contribution >= 4 is 20.3 Å². The van der Waals surface area contributed by atoms with Crippen LogP contribution in [0.5, 0.6) is 0 Å². The molecule has 0 aromatic heterocycles. The lowest BCUT2D eigenvalue weighted by Gasteiger charge is -2.39. The molecule has 0 saturated carbocycles. The van der Waals surface area contributed by atoms with Gasteiger partial charge in [0, 0.05) is 0 Å². The minimum absolute atomic E-state index is 0.0570. The van der Waals surface area contributed by atoms with Crippen LogP contribution in [-0.2, 0) is 36.7 Å². The van der Waals surface area contributed by atoms with E-state index in [0.717, 1.165) is 24.0 Å². The second-order valence-electron chi connectivity index (χ2n) is 11.9. The third kappa shape index (κ3) is 10.2. The number of carbonyl (C=O) groups excluding carboxylic acids is 2. The molecule has 0 bridgehead atoms. The normalized spacial score (nSPS) is 13.2. The molecule has 39 heavy (non-hydrogen) atoms. The molecule has 0 aliphatic heterocycles. The molecule has 5 nitrogen and oxygen atoms in total. The molecule has 0 amide bonds. The summed E-state index contributed by atoms with van der Waals surface area (Å²) in [7, 11) is -2.30. The van der Waals surface area contributed by atoms with Gasteiger partial charge in [-0.3, -0.25) is 9.59 Å². The summed E-state index contributed by atoms with van der Waals surface area (Å²) in [5, 5.41) is -0.0764. The van der Waals surface area contributed by atoms with Crippen molar-refractivity contribution < 1.29 is 23.5 Å². The second-order valence-corrected chi connectivity index (χ2v) is 16.6. The van der Waals surface area contributed by atoms with Crippen molar-refractivity contribution in [3.05, 3.63) is 96.3 Å². The van der Waals surface area contributed by atoms with E-state index in [1.165, 1.54) is 0 Å². The van der Waals surface area contributed by atoms with Crippen LogP contribution < -0.4 is 0 Å². The van der Waals surface area contributed by atoms with Crippen molar-refractivity contribution in [3.63, 3.8) is 0 Å². The Kier molecular flexibility index (Phi) is 12.2. The third-order valence-electron chi connectivity index (χ3n) is 7.17. The van der Waals surface area contributed by atoms with Crippen LogP contribution in [-0.4, -0.2) is 20.3 Å². The van der Waals surface area contributed by atoms with Crippen molar-refractivity contribution in [1.82, 2.24) is 0 Å². The summed E-state index contributed by atoms with van der Waals surface area (Å²) < 4.78 is 18.1. The molecule has 2 rings (SSSR count). The van der Waals surface area contributed by atoms with Gasteiger partial charge in [-0.15, -0.1) is 6.58 Å². The zero-order chi connectivity index (χ0) is 29.1. The van der Waals surface area contributed by atoms with Crippen molar-refractivity contribution in [1.29, 1.82) is 0 Å². The Bertz CT molecular complexity index is 1030. The average Bonchev–Trinajstić information content (AvgIpc) is 2.88. The van der Waals surface area contributed by atoms with Gasteiger partial charge < -0.3 is 13.9 Å². The maximum atomic E-state index is 13.6. The summed E-state index contributed by atoms with van der Waals surface area (Å²) in [5.41, 5.74) is 1.67. The molecular weight excluding hydrogens is 504 g/mol. The molecule has 0 spiro atoms. The number of allylic oxidation sites excluding steroid dienone is 2. The molecule has 0 unspecified atom stereocenters. The van der Waals surface area contributed by atoms with Gasteiger partial charge in [0.15, 0.2) is 5.92 Å². The fraction of sp³-hybridized carbons (Fsp3) is 0.455. The van der Waals surface area contributed by atoms with Crippen LogP contribution >= 0.6 is 0 Å². The molecule has 6 heteroatoms. The number of benzene rings is 2. The molecule has 1 atom stereocenters. The fourth-order valence-corrected chi connectivity index (χ4v) is 4.81. The zero-order valence-electron chi connectivity index (χ0n) is 24.7. The van der Waals surface area contributed by atoms with Crippen LogP contribution in [0.1, 0.15) is 58.6 Å². The first kappa shape index (κ1) is 32.1. The van der Waals surface area contributed by atoms with Crippen molar-refractivity contribution in [2.24, 2.45) is 17.8 Å². The molecule has 0 N–H and O–H groups in total. The number of carbonyl (C=O) groups is 2. The van der Waals surface area contributed by atoms with E-state index >= 15 is 0 Å². The molecular formula is C33H46O5Si. The van der Waals surface area contributed by atoms with Gasteiger partial charge in [-0.1, -0.05) is 101 Å². The number of hydrogen-bond acceptors (Lipinski definition) is 5. The first-order valence-electron chi connectivity index (χ1n) is 13.8. The van der Waals surface area contributed by atoms with E-state index in [1.807, 2.05) is 66.7 Å². The Morgan fingerprint density at radius 1 is 0.872 bits per heavy atom. The van der Waals surface area contributed by atoms with Gasteiger partial charge in [0.25, 0.3) is 0 Å². The Morgan fingerprint density at radius 3 is 1.72 bits per heavy atom. The highest BCUT2D eigenvalue weighted by Crippen LogP contribution is 2.40. The largest absolute Gasteiger partial charge is 0.546 e. The number of rotatable bonds is 14. The Balaban J connectivity index is 2.43. The highest BCUT2D eigenvalue weighted by atomic mass is 28.4. The Labute approximate surface area is 236 Å². The second kappa shape index (κ2) is 14.9. The minimum Gasteiger partial charge on any atom is -0.546 e. The van der Waals surface area contributed by atoms with E-state index < -0.39 is 32.1 Å². The van der Waals surface area contributed by atoms with Crippen LogP contribution in [0.3, 0.4) is 0 Å². The van der Waals surface area contributed by atoms with Gasteiger partial charge in [-0.25, -0.2) is 0 Å². The van der Waals surface area contributed by atoms with E-state index in [9.17, 15) is 9.59 Å². The molecule has 0 fully saturated rings. The highest BCUT2D eigenvalue weighted by molar-refractivity contribution is 6.74. The topological polar surface area (TPSA) is 61.8 Å². The first-order chi connectivity index (χ1) is 18.4. The number of ether oxygens (including phenoxy) is 2. The van der Waals surface area contributed by atoms with Gasteiger partial charge in [0.2, 0.25) is 8.32 Å². The lowest BCUT2D eigenvalue weighted by Crippen LogP contribution is -2.43. The van der Waals surface area contributed by atoms with Gasteiger partial charge in [0.05, 0.1) is 11.7 Å². The lowest BCUT2D eigenvalue weighted by molar-refractivity contribution is -0.165. The molecule has 2 aromatic rings. The summed E-state index contributed by atoms with van der Waals surface area (Å²) in [4.78, 5) is 27.2. The van der Waals surface area contributed by atoms with Gasteiger partial charge in [-0.05, 0) is 54.1 Å². The molecule has 2 aromatic carbocycles. The van der Waals surface area contributed by atoms with Gasteiger partial charge in [-0.2, -0.15) is 0 Å². The van der Waals surface area contributed by atoms with E-state index in [2.05, 4.69) is 54.3 Å². The average molecular weight is 551 g/mol. The molecule has 212 valence electrons. The smallest absolute Gasteiger partial charge is 0.321 e. The monoisotopic (exact) mass is 550 g/mol. The molecule has 0 saturated heterocycles. The van der Waals surface area contributed by atoms with E-state index in [1.54, 1.807) is 6.08 Å². The highest BCUT2D eigenvalue weighted by Gasteiger charge is 2.44. The summed E-state index contributed by atoms with van der Waals surface area (Å²) in [6.07, 6.45) is 5.36. The maximum absolute atomic E-state index is 13.6. The van der Waals surface area contributed by atoms with Crippen LogP contribution in [0, 0.1) is 17.8 Å². The molecule has 0 aliphatic rings. The molecule has 0 heterocycles. The van der Waals surface area contributed by atoms with Crippen molar-refractivity contribution in [2.75, 3.05) is 0 Å². The minimum atomic E-state index is -2.30. The lowest BCUT2D eigenvalue weighted by atomic mass is 9.89. The van der Waals surface area contributed by atoms with Crippen molar-refractivity contribution in [3.8, 4) is 0 Å². The summed E-state index contributed by atoms with van der Waals surface area (Å²) in [6.45, 7) is 19.2. The summed E-state index contributed by atoms with van der Waals surface area (Å²) in [6, 6.07) is 18.8. The predicted octanol–water partition coefficient (Wildman–Crippen LogP) is 8.23. The van der Waals surface area contributed by atoms with Gasteiger partial charge in [0.1, 0.15) is 13.2 Å². The summed E-state index contributed by atoms with van der Waals surface area (Å²) >= 11 is 0. The number of hydrogen-bond donors (Lipinski definition) is 0. The van der Waals surface area contributed by atoms with Crippen LogP contribution in [0.4, 0.5) is 0 Å². The predicted molar refractivity (Wildman–Crippen MR) is 160 cm³/mol. The fourth-order valence-electron chi connectivity index (χ4n) is 3.70. The Morgan fingerprint density at radius 2 is 1.33 bits per heavy atom. The first-order valence-corrected chi connectivity index (χ1v) is 16.7. The van der Waals surface area contributed by atoms with Gasteiger partial charge >= 0.3 is 11.9 Å². The number of esters is 2. The van der Waals surface area contributed by atoms with Crippen LogP contribution in [0.25, 0.3) is 0 Å². The Hall–Kier alpha value is -3.12. The molecule has 0 aliphatic carbocycles. The third-order valence-corrected chi connectivity index (χ3v) is 11.5.